The predicted molar refractivity (Wildman–Crippen MR) is 75.6 cm³/mol. The lowest BCUT2D eigenvalue weighted by molar-refractivity contribution is -0.00830. The first-order valence-electron chi connectivity index (χ1n) is 7.49. The van der Waals surface area contributed by atoms with Crippen LogP contribution in [-0.4, -0.2) is 25.9 Å². The Morgan fingerprint density at radius 1 is 1.32 bits per heavy atom. The zero-order chi connectivity index (χ0) is 13.1. The fraction of sp³-hybridized carbons (Fsp3) is 0.625. The van der Waals surface area contributed by atoms with Crippen LogP contribution in [0.25, 0.3) is 0 Å². The summed E-state index contributed by atoms with van der Waals surface area (Å²) in [6.45, 7) is 4.81. The van der Waals surface area contributed by atoms with Crippen LogP contribution >= 0.6 is 0 Å². The maximum Gasteiger partial charge on any atom is 0.127 e. The molecule has 2 atom stereocenters. The fourth-order valence-electron chi connectivity index (χ4n) is 3.18. The molecule has 19 heavy (non-hydrogen) atoms. The topological polar surface area (TPSA) is 30.5 Å². The second kappa shape index (κ2) is 5.93. The number of para-hydroxylation sites is 1. The molecule has 3 heteroatoms. The van der Waals surface area contributed by atoms with E-state index in [-0.39, 0.29) is 12.1 Å². The largest absolute Gasteiger partial charge is 0.493 e. The summed E-state index contributed by atoms with van der Waals surface area (Å²) < 4.78 is 11.8. The number of benzene rings is 1. The molecule has 0 spiro atoms. The van der Waals surface area contributed by atoms with Crippen LogP contribution in [0.2, 0.25) is 0 Å². The molecular weight excluding hydrogens is 238 g/mol. The first-order chi connectivity index (χ1) is 9.40. The van der Waals surface area contributed by atoms with Crippen LogP contribution in [0.4, 0.5) is 0 Å². The highest BCUT2D eigenvalue weighted by Crippen LogP contribution is 2.37. The Morgan fingerprint density at radius 2 is 2.26 bits per heavy atom. The molecule has 0 aromatic heterocycles. The summed E-state index contributed by atoms with van der Waals surface area (Å²) in [7, 11) is 0. The molecule has 1 N–H and O–H groups in total. The number of nitrogens with one attached hydrogen (secondary N) is 1. The molecule has 2 unspecified atom stereocenters. The maximum atomic E-state index is 5.99. The van der Waals surface area contributed by atoms with Crippen molar-refractivity contribution in [2.24, 2.45) is 0 Å². The molecule has 1 aromatic rings. The summed E-state index contributed by atoms with van der Waals surface area (Å²) in [4.78, 5) is 0. The van der Waals surface area contributed by atoms with Crippen LogP contribution in [0.5, 0.6) is 5.75 Å². The van der Waals surface area contributed by atoms with Gasteiger partial charge in [0.2, 0.25) is 0 Å². The highest BCUT2D eigenvalue weighted by Gasteiger charge is 2.29. The van der Waals surface area contributed by atoms with Gasteiger partial charge in [-0.2, -0.15) is 0 Å². The zero-order valence-electron chi connectivity index (χ0n) is 11.7. The van der Waals surface area contributed by atoms with Crippen molar-refractivity contribution in [2.75, 3.05) is 19.8 Å². The third-order valence-corrected chi connectivity index (χ3v) is 4.09. The third-order valence-electron chi connectivity index (χ3n) is 4.09. The molecule has 104 valence electrons. The van der Waals surface area contributed by atoms with Gasteiger partial charge in [-0.15, -0.1) is 0 Å². The number of likely N-dealkylation sites (N-methyl/N-ethyl adjacent to an activating group) is 1. The van der Waals surface area contributed by atoms with Crippen molar-refractivity contribution in [3.8, 4) is 5.75 Å². The van der Waals surface area contributed by atoms with E-state index < -0.39 is 0 Å². The van der Waals surface area contributed by atoms with Crippen LogP contribution in [0.15, 0.2) is 18.2 Å². The number of hydrogen-bond acceptors (Lipinski definition) is 3. The van der Waals surface area contributed by atoms with E-state index in [1.165, 1.54) is 24.0 Å². The van der Waals surface area contributed by atoms with Gasteiger partial charge >= 0.3 is 0 Å². The smallest absolute Gasteiger partial charge is 0.127 e. The summed E-state index contributed by atoms with van der Waals surface area (Å²) in [6.07, 6.45) is 4.92. The quantitative estimate of drug-likeness (QED) is 0.904. The van der Waals surface area contributed by atoms with Crippen molar-refractivity contribution in [3.63, 3.8) is 0 Å². The minimum absolute atomic E-state index is 0.262. The summed E-state index contributed by atoms with van der Waals surface area (Å²) in [5.74, 6) is 1.10. The van der Waals surface area contributed by atoms with Gasteiger partial charge in [-0.3, -0.25) is 0 Å². The zero-order valence-corrected chi connectivity index (χ0v) is 11.7. The van der Waals surface area contributed by atoms with Crippen LogP contribution in [0, 0.1) is 0 Å². The third kappa shape index (κ3) is 2.63. The average Bonchev–Trinajstić information content (AvgIpc) is 2.94. The van der Waals surface area contributed by atoms with Gasteiger partial charge in [0.1, 0.15) is 5.75 Å². The summed E-state index contributed by atoms with van der Waals surface area (Å²) in [5.41, 5.74) is 2.62. The SMILES string of the molecule is CCNC(c1cccc2c1OCC2)C1CCCCO1. The predicted octanol–water partition coefficient (Wildman–Crippen LogP) is 2.84. The molecule has 1 saturated heterocycles. The highest BCUT2D eigenvalue weighted by molar-refractivity contribution is 5.46. The van der Waals surface area contributed by atoms with E-state index in [1.807, 2.05) is 0 Å². The van der Waals surface area contributed by atoms with Gasteiger partial charge in [-0.1, -0.05) is 25.1 Å². The molecule has 1 fully saturated rings. The normalized spacial score (nSPS) is 23.7. The molecule has 0 aliphatic carbocycles. The lowest BCUT2D eigenvalue weighted by Gasteiger charge is -2.32. The van der Waals surface area contributed by atoms with Gasteiger partial charge in [-0.25, -0.2) is 0 Å². The van der Waals surface area contributed by atoms with E-state index in [2.05, 4.69) is 30.4 Å². The van der Waals surface area contributed by atoms with Crippen molar-refractivity contribution < 1.29 is 9.47 Å². The van der Waals surface area contributed by atoms with E-state index in [0.717, 1.165) is 38.3 Å². The second-order valence-electron chi connectivity index (χ2n) is 5.37. The number of fused-ring (bicyclic) bond motifs is 1. The van der Waals surface area contributed by atoms with E-state index in [4.69, 9.17) is 9.47 Å². The van der Waals surface area contributed by atoms with E-state index in [9.17, 15) is 0 Å². The Kier molecular flexibility index (Phi) is 4.04. The molecule has 2 aliphatic rings. The number of rotatable bonds is 4. The van der Waals surface area contributed by atoms with Crippen molar-refractivity contribution in [1.29, 1.82) is 0 Å². The Balaban J connectivity index is 1.89. The lowest BCUT2D eigenvalue weighted by atomic mass is 9.93. The van der Waals surface area contributed by atoms with Crippen molar-refractivity contribution in [1.82, 2.24) is 5.32 Å². The Labute approximate surface area is 115 Å². The van der Waals surface area contributed by atoms with Crippen LogP contribution in [0.1, 0.15) is 43.4 Å². The molecule has 3 nitrogen and oxygen atoms in total. The van der Waals surface area contributed by atoms with Crippen LogP contribution in [-0.2, 0) is 11.2 Å². The van der Waals surface area contributed by atoms with E-state index in [1.54, 1.807) is 0 Å². The van der Waals surface area contributed by atoms with Gasteiger partial charge in [0.25, 0.3) is 0 Å². The van der Waals surface area contributed by atoms with Crippen molar-refractivity contribution >= 4 is 0 Å². The van der Waals surface area contributed by atoms with E-state index in [0.29, 0.717) is 0 Å². The summed E-state index contributed by atoms with van der Waals surface area (Å²) in [5, 5.41) is 3.59. The molecule has 2 aliphatic heterocycles. The first kappa shape index (κ1) is 12.9. The van der Waals surface area contributed by atoms with E-state index >= 15 is 0 Å². The molecule has 0 radical (unpaired) electrons. The molecular formula is C16H23NO2. The molecule has 1 aromatic carbocycles. The first-order valence-corrected chi connectivity index (χ1v) is 7.49. The maximum absolute atomic E-state index is 5.99. The monoisotopic (exact) mass is 261 g/mol. The van der Waals surface area contributed by atoms with Crippen molar-refractivity contribution in [2.45, 2.75) is 44.8 Å². The Bertz CT molecular complexity index is 427. The summed E-state index contributed by atoms with van der Waals surface area (Å²) >= 11 is 0. The van der Waals surface area contributed by atoms with Crippen LogP contribution in [0.3, 0.4) is 0 Å². The minimum Gasteiger partial charge on any atom is -0.493 e. The molecule has 3 rings (SSSR count). The van der Waals surface area contributed by atoms with Crippen molar-refractivity contribution in [3.05, 3.63) is 29.3 Å². The second-order valence-corrected chi connectivity index (χ2v) is 5.37. The summed E-state index contributed by atoms with van der Waals surface area (Å²) in [6, 6.07) is 6.78. The molecule has 0 saturated carbocycles. The fourth-order valence-corrected chi connectivity index (χ4v) is 3.18. The number of ether oxygens (including phenoxy) is 2. The highest BCUT2D eigenvalue weighted by atomic mass is 16.5. The van der Waals surface area contributed by atoms with Gasteiger partial charge in [0.15, 0.2) is 0 Å². The standard InChI is InChI=1S/C16H23NO2/c1-2-17-15(14-8-3-4-10-18-14)13-7-5-6-12-9-11-19-16(12)13/h5-7,14-15,17H,2-4,8-11H2,1H3. The lowest BCUT2D eigenvalue weighted by Crippen LogP contribution is -2.36. The average molecular weight is 261 g/mol. The number of hydrogen-bond donors (Lipinski definition) is 1. The molecule has 0 amide bonds. The van der Waals surface area contributed by atoms with Gasteiger partial charge in [0.05, 0.1) is 18.8 Å². The van der Waals surface area contributed by atoms with Gasteiger partial charge in [-0.05, 0) is 31.4 Å². The van der Waals surface area contributed by atoms with Gasteiger partial charge < -0.3 is 14.8 Å². The van der Waals surface area contributed by atoms with Gasteiger partial charge in [0, 0.05) is 18.6 Å². The van der Waals surface area contributed by atoms with Crippen LogP contribution < -0.4 is 10.1 Å². The Morgan fingerprint density at radius 3 is 3.05 bits per heavy atom. The Hall–Kier alpha value is -1.06. The molecule has 2 heterocycles. The minimum atomic E-state index is 0.262. The molecule has 0 bridgehead atoms.